The number of nitrogens with one attached hydrogen (secondary N) is 2. The molecule has 2 rings (SSSR count). The van der Waals surface area contributed by atoms with Crippen LogP contribution in [0, 0.1) is 6.92 Å². The summed E-state index contributed by atoms with van der Waals surface area (Å²) in [6.45, 7) is 2.54. The summed E-state index contributed by atoms with van der Waals surface area (Å²) in [5.41, 5.74) is 3.01. The minimum absolute atomic E-state index is 0.175. The SMILES string of the molecule is Cc1ccc(NC(=O)CC(=O)NCCCc2ccccc2)c(Br)c1. The van der Waals surface area contributed by atoms with Gasteiger partial charge >= 0.3 is 0 Å². The molecule has 0 aliphatic heterocycles. The van der Waals surface area contributed by atoms with Crippen LogP contribution in [0.2, 0.25) is 0 Å². The van der Waals surface area contributed by atoms with E-state index in [1.54, 1.807) is 0 Å². The number of anilines is 1. The third-order valence-electron chi connectivity index (χ3n) is 3.53. The Hall–Kier alpha value is -2.14. The molecule has 0 saturated heterocycles. The van der Waals surface area contributed by atoms with Gasteiger partial charge in [-0.2, -0.15) is 0 Å². The summed E-state index contributed by atoms with van der Waals surface area (Å²) in [6, 6.07) is 15.8. The van der Waals surface area contributed by atoms with Crippen molar-refractivity contribution in [2.45, 2.75) is 26.2 Å². The van der Waals surface area contributed by atoms with E-state index in [0.717, 1.165) is 22.9 Å². The summed E-state index contributed by atoms with van der Waals surface area (Å²) >= 11 is 3.40. The fraction of sp³-hybridized carbons (Fsp3) is 0.263. The Bertz CT molecular complexity index is 702. The number of benzene rings is 2. The van der Waals surface area contributed by atoms with E-state index in [-0.39, 0.29) is 18.2 Å². The number of hydrogen-bond donors (Lipinski definition) is 2. The van der Waals surface area contributed by atoms with Crippen molar-refractivity contribution >= 4 is 33.4 Å². The normalized spacial score (nSPS) is 10.2. The van der Waals surface area contributed by atoms with Gasteiger partial charge in [-0.1, -0.05) is 36.4 Å². The lowest BCUT2D eigenvalue weighted by atomic mass is 10.1. The molecule has 24 heavy (non-hydrogen) atoms. The van der Waals surface area contributed by atoms with Gasteiger partial charge in [0.1, 0.15) is 6.42 Å². The van der Waals surface area contributed by atoms with Gasteiger partial charge in [-0.25, -0.2) is 0 Å². The second-order valence-electron chi connectivity index (χ2n) is 5.65. The molecule has 0 fully saturated rings. The Labute approximate surface area is 150 Å². The molecular formula is C19H21BrN2O2. The van der Waals surface area contributed by atoms with Gasteiger partial charge in [0.2, 0.25) is 11.8 Å². The third kappa shape index (κ3) is 6.16. The van der Waals surface area contributed by atoms with Crippen LogP contribution in [-0.4, -0.2) is 18.4 Å². The zero-order valence-corrected chi connectivity index (χ0v) is 15.2. The van der Waals surface area contributed by atoms with Crippen molar-refractivity contribution in [3.63, 3.8) is 0 Å². The molecule has 0 radical (unpaired) electrons. The van der Waals surface area contributed by atoms with E-state index < -0.39 is 0 Å². The van der Waals surface area contributed by atoms with Gasteiger partial charge in [-0.15, -0.1) is 0 Å². The molecule has 126 valence electrons. The Kier molecular flexibility index (Phi) is 7.00. The van der Waals surface area contributed by atoms with Crippen LogP contribution >= 0.6 is 15.9 Å². The molecule has 2 N–H and O–H groups in total. The van der Waals surface area contributed by atoms with Crippen LogP contribution in [0.1, 0.15) is 24.0 Å². The van der Waals surface area contributed by atoms with Crippen LogP contribution in [0.15, 0.2) is 53.0 Å². The van der Waals surface area contributed by atoms with E-state index in [0.29, 0.717) is 12.2 Å². The summed E-state index contributed by atoms with van der Waals surface area (Å²) in [5, 5.41) is 5.52. The van der Waals surface area contributed by atoms with Crippen LogP contribution in [0.4, 0.5) is 5.69 Å². The number of carbonyl (C=O) groups excluding carboxylic acids is 2. The Morgan fingerprint density at radius 2 is 1.79 bits per heavy atom. The maximum atomic E-state index is 11.9. The highest BCUT2D eigenvalue weighted by molar-refractivity contribution is 9.10. The average Bonchev–Trinajstić information content (AvgIpc) is 2.55. The zero-order chi connectivity index (χ0) is 17.4. The second kappa shape index (κ2) is 9.23. The summed E-state index contributed by atoms with van der Waals surface area (Å²) in [5.74, 6) is -0.580. The highest BCUT2D eigenvalue weighted by Crippen LogP contribution is 2.23. The van der Waals surface area contributed by atoms with Crippen LogP contribution in [0.3, 0.4) is 0 Å². The van der Waals surface area contributed by atoms with Crippen LogP contribution in [0.5, 0.6) is 0 Å². The molecule has 0 bridgehead atoms. The highest BCUT2D eigenvalue weighted by Gasteiger charge is 2.10. The zero-order valence-electron chi connectivity index (χ0n) is 13.6. The number of aryl methyl sites for hydroxylation is 2. The molecule has 2 amide bonds. The van der Waals surface area contributed by atoms with Crippen molar-refractivity contribution in [2.24, 2.45) is 0 Å². The molecule has 0 aromatic heterocycles. The molecule has 0 unspecified atom stereocenters. The van der Waals surface area contributed by atoms with Crippen LogP contribution < -0.4 is 10.6 Å². The topological polar surface area (TPSA) is 58.2 Å². The number of hydrogen-bond acceptors (Lipinski definition) is 2. The van der Waals surface area contributed by atoms with E-state index in [2.05, 4.69) is 38.7 Å². The molecule has 0 heterocycles. The van der Waals surface area contributed by atoms with Crippen molar-refractivity contribution in [1.29, 1.82) is 0 Å². The van der Waals surface area contributed by atoms with E-state index in [9.17, 15) is 9.59 Å². The minimum atomic E-state index is -0.319. The first kappa shape index (κ1) is 18.2. The quantitative estimate of drug-likeness (QED) is 0.559. The lowest BCUT2D eigenvalue weighted by Gasteiger charge is -2.09. The van der Waals surface area contributed by atoms with Crippen molar-refractivity contribution in [3.8, 4) is 0 Å². The molecule has 5 heteroatoms. The molecule has 2 aromatic rings. The second-order valence-corrected chi connectivity index (χ2v) is 6.50. The third-order valence-corrected chi connectivity index (χ3v) is 4.18. The summed E-state index contributed by atoms with van der Waals surface area (Å²) in [6.07, 6.45) is 1.58. The standard InChI is InChI=1S/C19H21BrN2O2/c1-14-9-10-17(16(20)12-14)22-19(24)13-18(23)21-11-5-8-15-6-3-2-4-7-15/h2-4,6-7,9-10,12H,5,8,11,13H2,1H3,(H,21,23)(H,22,24). The van der Waals surface area contributed by atoms with Crippen molar-refractivity contribution in [1.82, 2.24) is 5.32 Å². The predicted octanol–water partition coefficient (Wildman–Crippen LogP) is 3.84. The van der Waals surface area contributed by atoms with Crippen molar-refractivity contribution in [2.75, 3.05) is 11.9 Å². The maximum Gasteiger partial charge on any atom is 0.233 e. The lowest BCUT2D eigenvalue weighted by molar-refractivity contribution is -0.126. The summed E-state index contributed by atoms with van der Waals surface area (Å²) in [4.78, 5) is 23.7. The molecule has 0 aliphatic carbocycles. The Morgan fingerprint density at radius 1 is 1.04 bits per heavy atom. The Morgan fingerprint density at radius 3 is 2.50 bits per heavy atom. The smallest absolute Gasteiger partial charge is 0.233 e. The van der Waals surface area contributed by atoms with Gasteiger partial charge < -0.3 is 10.6 Å². The van der Waals surface area contributed by atoms with Gasteiger partial charge in [-0.3, -0.25) is 9.59 Å². The summed E-state index contributed by atoms with van der Waals surface area (Å²) < 4.78 is 0.805. The molecular weight excluding hydrogens is 368 g/mol. The van der Waals surface area contributed by atoms with Crippen LogP contribution in [-0.2, 0) is 16.0 Å². The lowest BCUT2D eigenvalue weighted by Crippen LogP contribution is -2.29. The number of halogens is 1. The molecule has 0 atom stereocenters. The van der Waals surface area contributed by atoms with Crippen LogP contribution in [0.25, 0.3) is 0 Å². The van der Waals surface area contributed by atoms with Gasteiger partial charge in [0, 0.05) is 11.0 Å². The van der Waals surface area contributed by atoms with E-state index in [1.807, 2.05) is 43.3 Å². The minimum Gasteiger partial charge on any atom is -0.356 e. The van der Waals surface area contributed by atoms with E-state index in [4.69, 9.17) is 0 Å². The first-order chi connectivity index (χ1) is 11.5. The fourth-order valence-corrected chi connectivity index (χ4v) is 2.88. The number of amides is 2. The van der Waals surface area contributed by atoms with Gasteiger partial charge in [0.25, 0.3) is 0 Å². The molecule has 0 saturated carbocycles. The first-order valence-electron chi connectivity index (χ1n) is 7.91. The van der Waals surface area contributed by atoms with E-state index in [1.165, 1.54) is 5.56 Å². The Balaban J connectivity index is 1.69. The average molecular weight is 389 g/mol. The van der Waals surface area contributed by atoms with E-state index >= 15 is 0 Å². The van der Waals surface area contributed by atoms with Gasteiger partial charge in [0.05, 0.1) is 5.69 Å². The summed E-state index contributed by atoms with van der Waals surface area (Å²) in [7, 11) is 0. The van der Waals surface area contributed by atoms with Crippen molar-refractivity contribution < 1.29 is 9.59 Å². The largest absolute Gasteiger partial charge is 0.356 e. The first-order valence-corrected chi connectivity index (χ1v) is 8.70. The number of rotatable bonds is 7. The highest BCUT2D eigenvalue weighted by atomic mass is 79.9. The van der Waals surface area contributed by atoms with Gasteiger partial charge in [0.15, 0.2) is 0 Å². The molecule has 0 aliphatic rings. The maximum absolute atomic E-state index is 11.9. The van der Waals surface area contributed by atoms with Crippen molar-refractivity contribution in [3.05, 3.63) is 64.1 Å². The van der Waals surface area contributed by atoms with Gasteiger partial charge in [-0.05, 0) is 59.0 Å². The monoisotopic (exact) mass is 388 g/mol. The fourth-order valence-electron chi connectivity index (χ4n) is 2.29. The predicted molar refractivity (Wildman–Crippen MR) is 99.9 cm³/mol. The number of carbonyl (C=O) groups is 2. The molecule has 4 nitrogen and oxygen atoms in total. The molecule has 2 aromatic carbocycles. The molecule has 0 spiro atoms.